The van der Waals surface area contributed by atoms with Crippen molar-refractivity contribution in [3.05, 3.63) is 47.4 Å². The highest BCUT2D eigenvalue weighted by Gasteiger charge is 2.37. The van der Waals surface area contributed by atoms with Crippen LogP contribution in [-0.2, 0) is 4.79 Å². The Morgan fingerprint density at radius 2 is 2.12 bits per heavy atom. The van der Waals surface area contributed by atoms with E-state index in [0.29, 0.717) is 23.2 Å². The van der Waals surface area contributed by atoms with E-state index in [1.165, 1.54) is 28.8 Å². The highest BCUT2D eigenvalue weighted by Crippen LogP contribution is 2.26. The van der Waals surface area contributed by atoms with Gasteiger partial charge in [0, 0.05) is 12.7 Å². The maximum absolute atomic E-state index is 13.7. The van der Waals surface area contributed by atoms with Gasteiger partial charge in [0.2, 0.25) is 11.7 Å². The number of nitrogens with zero attached hydrogens (tertiary/aromatic N) is 2. The molecule has 0 unspecified atom stereocenters. The Morgan fingerprint density at radius 3 is 2.79 bits per heavy atom. The molecule has 2 amide bonds. The maximum atomic E-state index is 13.7. The lowest BCUT2D eigenvalue weighted by atomic mass is 10.2. The van der Waals surface area contributed by atoms with Crippen LogP contribution < -0.4 is 5.32 Å². The molecule has 1 fully saturated rings. The molecular formula is C16H16FN3O3S. The number of amides is 2. The predicted molar refractivity (Wildman–Crippen MR) is 88.3 cm³/mol. The van der Waals surface area contributed by atoms with Crippen LogP contribution in [0.1, 0.15) is 22.1 Å². The Balaban J connectivity index is 1.78. The molecule has 0 bridgehead atoms. The van der Waals surface area contributed by atoms with Crippen LogP contribution in [0, 0.1) is 19.7 Å². The molecule has 0 radical (unpaired) electrons. The van der Waals surface area contributed by atoms with Crippen molar-refractivity contribution in [2.24, 2.45) is 0 Å². The van der Waals surface area contributed by atoms with Crippen molar-refractivity contribution < 1.29 is 18.4 Å². The Bertz CT molecular complexity index is 793. The van der Waals surface area contributed by atoms with E-state index >= 15 is 0 Å². The zero-order valence-corrected chi connectivity index (χ0v) is 14.0. The van der Waals surface area contributed by atoms with Crippen molar-refractivity contribution in [3.8, 4) is 0 Å². The number of carbonyl (C=O) groups is 2. The van der Waals surface area contributed by atoms with E-state index in [9.17, 15) is 14.0 Å². The number of benzene rings is 1. The van der Waals surface area contributed by atoms with Crippen LogP contribution in [0.25, 0.3) is 0 Å². The van der Waals surface area contributed by atoms with Crippen LogP contribution in [0.3, 0.4) is 0 Å². The first-order valence-corrected chi connectivity index (χ1v) is 8.51. The van der Waals surface area contributed by atoms with Crippen molar-refractivity contribution in [2.75, 3.05) is 16.9 Å². The third-order valence-corrected chi connectivity index (χ3v) is 4.69. The number of rotatable bonds is 3. The van der Waals surface area contributed by atoms with Crippen molar-refractivity contribution in [1.29, 1.82) is 0 Å². The van der Waals surface area contributed by atoms with E-state index in [1.807, 2.05) is 0 Å². The molecule has 1 atom stereocenters. The van der Waals surface area contributed by atoms with Crippen LogP contribution >= 0.6 is 11.8 Å². The summed E-state index contributed by atoms with van der Waals surface area (Å²) in [4.78, 5) is 30.6. The molecule has 1 aliphatic heterocycles. The summed E-state index contributed by atoms with van der Waals surface area (Å²) in [7, 11) is 0. The van der Waals surface area contributed by atoms with E-state index in [-0.39, 0.29) is 17.4 Å². The number of nitrogens with one attached hydrogen (secondary N) is 1. The standard InChI is InChI=1S/C16H16FN3O3S/c1-9-14(23-10(2)18-9)16(22)20-8-24-7-13(20)15(21)19-12-6-4-3-5-11(12)17/h3-6,13H,7-8H2,1-2H3,(H,19,21)/t13-/m0/s1. The lowest BCUT2D eigenvalue weighted by molar-refractivity contribution is -0.119. The molecule has 2 heterocycles. The molecule has 1 saturated heterocycles. The number of aryl methyl sites for hydroxylation is 2. The van der Waals surface area contributed by atoms with Crippen LogP contribution in [0.5, 0.6) is 0 Å². The van der Waals surface area contributed by atoms with Gasteiger partial charge in [-0.15, -0.1) is 11.8 Å². The minimum Gasteiger partial charge on any atom is -0.436 e. The Morgan fingerprint density at radius 1 is 1.38 bits per heavy atom. The second-order valence-corrected chi connectivity index (χ2v) is 6.41. The second kappa shape index (κ2) is 6.64. The molecule has 0 saturated carbocycles. The fourth-order valence-corrected chi connectivity index (χ4v) is 3.65. The number of anilines is 1. The fraction of sp³-hybridized carbons (Fsp3) is 0.312. The Kier molecular flexibility index (Phi) is 4.57. The van der Waals surface area contributed by atoms with Gasteiger partial charge in [0.1, 0.15) is 11.9 Å². The molecule has 8 heteroatoms. The summed E-state index contributed by atoms with van der Waals surface area (Å²) in [5.41, 5.74) is 0.584. The van der Waals surface area contributed by atoms with Gasteiger partial charge in [-0.25, -0.2) is 9.37 Å². The highest BCUT2D eigenvalue weighted by molar-refractivity contribution is 7.99. The summed E-state index contributed by atoms with van der Waals surface area (Å²) in [6, 6.07) is 5.23. The molecule has 6 nitrogen and oxygen atoms in total. The minimum absolute atomic E-state index is 0.0958. The zero-order chi connectivity index (χ0) is 17.3. The van der Waals surface area contributed by atoms with Crippen molar-refractivity contribution in [1.82, 2.24) is 9.88 Å². The lowest BCUT2D eigenvalue weighted by Crippen LogP contribution is -2.44. The van der Waals surface area contributed by atoms with Gasteiger partial charge in [0.15, 0.2) is 5.89 Å². The number of oxazole rings is 1. The Hall–Kier alpha value is -2.35. The summed E-state index contributed by atoms with van der Waals surface area (Å²) in [6.45, 7) is 3.34. The molecule has 1 N–H and O–H groups in total. The molecule has 2 aromatic rings. The van der Waals surface area contributed by atoms with Crippen LogP contribution in [-0.4, -0.2) is 39.4 Å². The van der Waals surface area contributed by atoms with E-state index in [4.69, 9.17) is 4.42 Å². The van der Waals surface area contributed by atoms with E-state index < -0.39 is 17.8 Å². The third kappa shape index (κ3) is 3.14. The van der Waals surface area contributed by atoms with Gasteiger partial charge in [0.25, 0.3) is 5.91 Å². The molecular weight excluding hydrogens is 333 g/mol. The SMILES string of the molecule is Cc1nc(C)c(C(=O)N2CSC[C@H]2C(=O)Nc2ccccc2F)o1. The van der Waals surface area contributed by atoms with Crippen molar-refractivity contribution >= 4 is 29.3 Å². The smallest absolute Gasteiger partial charge is 0.292 e. The number of para-hydroxylation sites is 1. The van der Waals surface area contributed by atoms with Crippen molar-refractivity contribution in [2.45, 2.75) is 19.9 Å². The average Bonchev–Trinajstić information content (AvgIpc) is 3.15. The van der Waals surface area contributed by atoms with Crippen LogP contribution in [0.4, 0.5) is 10.1 Å². The van der Waals surface area contributed by atoms with Gasteiger partial charge in [-0.2, -0.15) is 0 Å². The molecule has 126 valence electrons. The first kappa shape index (κ1) is 16.5. The predicted octanol–water partition coefficient (Wildman–Crippen LogP) is 2.58. The normalized spacial score (nSPS) is 17.1. The highest BCUT2D eigenvalue weighted by atomic mass is 32.2. The largest absolute Gasteiger partial charge is 0.436 e. The summed E-state index contributed by atoms with van der Waals surface area (Å²) in [6.07, 6.45) is 0. The van der Waals surface area contributed by atoms with Gasteiger partial charge < -0.3 is 14.6 Å². The van der Waals surface area contributed by atoms with E-state index in [2.05, 4.69) is 10.3 Å². The first-order chi connectivity index (χ1) is 11.5. The van der Waals surface area contributed by atoms with Gasteiger partial charge in [0.05, 0.1) is 17.3 Å². The first-order valence-electron chi connectivity index (χ1n) is 7.35. The number of hydrogen-bond donors (Lipinski definition) is 1. The number of halogens is 1. The molecule has 0 aliphatic carbocycles. The lowest BCUT2D eigenvalue weighted by Gasteiger charge is -2.22. The molecule has 3 rings (SSSR count). The van der Waals surface area contributed by atoms with Crippen molar-refractivity contribution in [3.63, 3.8) is 0 Å². The van der Waals surface area contributed by atoms with Gasteiger partial charge >= 0.3 is 0 Å². The summed E-state index contributed by atoms with van der Waals surface area (Å²) in [5, 5.41) is 2.54. The number of carbonyl (C=O) groups excluding carboxylic acids is 2. The second-order valence-electron chi connectivity index (χ2n) is 5.41. The fourth-order valence-electron chi connectivity index (χ4n) is 2.50. The number of thioether (sulfide) groups is 1. The topological polar surface area (TPSA) is 75.4 Å². The minimum atomic E-state index is -0.688. The summed E-state index contributed by atoms with van der Waals surface area (Å²) < 4.78 is 19.0. The van der Waals surface area contributed by atoms with Gasteiger partial charge in [-0.1, -0.05) is 12.1 Å². The summed E-state index contributed by atoms with van der Waals surface area (Å²) >= 11 is 1.46. The maximum Gasteiger partial charge on any atom is 0.292 e. The van der Waals surface area contributed by atoms with E-state index in [0.717, 1.165) is 0 Å². The van der Waals surface area contributed by atoms with E-state index in [1.54, 1.807) is 26.0 Å². The van der Waals surface area contributed by atoms with Gasteiger partial charge in [-0.05, 0) is 19.1 Å². The quantitative estimate of drug-likeness (QED) is 0.922. The monoisotopic (exact) mass is 349 g/mol. The third-order valence-electron chi connectivity index (χ3n) is 3.68. The molecule has 24 heavy (non-hydrogen) atoms. The zero-order valence-electron chi connectivity index (χ0n) is 13.2. The molecule has 0 spiro atoms. The number of aromatic nitrogens is 1. The van der Waals surface area contributed by atoms with Gasteiger partial charge in [-0.3, -0.25) is 9.59 Å². The molecule has 1 aromatic heterocycles. The average molecular weight is 349 g/mol. The number of hydrogen-bond acceptors (Lipinski definition) is 5. The summed E-state index contributed by atoms with van der Waals surface area (Å²) in [5.74, 6) is 0.0231. The molecule has 1 aliphatic rings. The van der Waals surface area contributed by atoms with Crippen LogP contribution in [0.2, 0.25) is 0 Å². The Labute approximate surface area is 142 Å². The van der Waals surface area contributed by atoms with Crippen LogP contribution in [0.15, 0.2) is 28.7 Å². The molecule has 1 aromatic carbocycles.